The lowest BCUT2D eigenvalue weighted by Crippen LogP contribution is -2.64. The van der Waals surface area contributed by atoms with E-state index in [4.69, 9.17) is 22.6 Å². The average Bonchev–Trinajstić information content (AvgIpc) is 1.52. The number of nitrogens with zero attached hydrogens (tertiary/aromatic N) is 2. The molecule has 0 unspecified atom stereocenters. The summed E-state index contributed by atoms with van der Waals surface area (Å²) in [5.41, 5.74) is 18.5. The molecule has 17 amide bonds. The largest absolute Gasteiger partial charge is 0.508 e. The summed E-state index contributed by atoms with van der Waals surface area (Å²) in [4.78, 5) is 281. The Kier molecular flexibility index (Phi) is 52.3. The number of carboxylic acids is 3. The van der Waals surface area contributed by atoms with E-state index in [-0.39, 0.29) is 138 Å². The van der Waals surface area contributed by atoms with Gasteiger partial charge in [-0.2, -0.15) is 37.0 Å². The third-order valence-electron chi connectivity index (χ3n) is 23.8. The molecular weight excluding hydrogens is 1970 g/mol. The molecule has 0 radical (unpaired) electrons. The van der Waals surface area contributed by atoms with Gasteiger partial charge in [0.05, 0.1) is 37.3 Å². The number of phenolic OH excluding ortho intramolecular Hbond substituents is 2. The number of rotatable bonds is 62. The van der Waals surface area contributed by atoms with Gasteiger partial charge in [-0.3, -0.25) is 96.5 Å². The Balaban J connectivity index is 1.31. The number of aliphatic carboxylic acids is 3. The molecule has 50 nitrogen and oxygen atoms in total. The van der Waals surface area contributed by atoms with Crippen LogP contribution in [0.4, 0.5) is 0 Å². The van der Waals surface area contributed by atoms with Crippen molar-refractivity contribution in [3.05, 3.63) is 95.6 Å². The fraction of sp³-hybridized carbons (Fsp3) is 0.581. The highest BCUT2D eigenvalue weighted by Gasteiger charge is 2.46. The highest BCUT2D eigenvalue weighted by Crippen LogP contribution is 2.26. The number of aliphatic hydroxyl groups is 3. The van der Waals surface area contributed by atoms with Crippen LogP contribution in [-0.2, 0) is 115 Å². The molecule has 0 bridgehead atoms. The molecule has 53 heteroatoms. The number of phenols is 2. The number of carboxylic acid groups (broad SMARTS) is 3. The molecule has 0 saturated carbocycles. The second-order valence-electron chi connectivity index (χ2n) is 36.2. The van der Waals surface area contributed by atoms with Gasteiger partial charge in [0.25, 0.3) is 0 Å². The van der Waals surface area contributed by atoms with E-state index in [1.165, 1.54) is 75.9 Å². The average molecular weight is 2110 g/mol. The number of likely N-dealkylation sites (tertiary alicyclic amines) is 2. The van der Waals surface area contributed by atoms with E-state index in [2.05, 4.69) is 110 Å². The van der Waals surface area contributed by atoms with Crippen molar-refractivity contribution in [2.45, 2.75) is 272 Å². The lowest BCUT2D eigenvalue weighted by Gasteiger charge is -2.32. The van der Waals surface area contributed by atoms with Crippen LogP contribution in [0.3, 0.4) is 0 Å². The molecule has 2 saturated heterocycles. The van der Waals surface area contributed by atoms with Crippen molar-refractivity contribution in [1.29, 1.82) is 5.41 Å². The number of thioether (sulfide) groups is 1. The molecule has 0 aliphatic carbocycles. The fourth-order valence-electron chi connectivity index (χ4n) is 15.7. The lowest BCUT2D eigenvalue weighted by atomic mass is 10.00. The predicted octanol–water partition coefficient (Wildman–Crippen LogP) is -6.78. The van der Waals surface area contributed by atoms with Crippen molar-refractivity contribution >= 4 is 161 Å². The van der Waals surface area contributed by atoms with Gasteiger partial charge in [0.15, 0.2) is 5.96 Å². The van der Waals surface area contributed by atoms with E-state index >= 15 is 4.79 Å². The minimum atomic E-state index is -2.04. The monoisotopic (exact) mass is 2110 g/mol. The summed E-state index contributed by atoms with van der Waals surface area (Å²) in [5.74, 6) is -24.9. The van der Waals surface area contributed by atoms with Crippen LogP contribution in [-0.4, -0.2) is 352 Å². The minimum Gasteiger partial charge on any atom is -0.508 e. The molecular formula is C93H140N22O28S3. The Hall–Kier alpha value is -13.2. The fourth-order valence-corrected chi connectivity index (χ4v) is 16.7. The van der Waals surface area contributed by atoms with Crippen molar-refractivity contribution < 1.29 is 137 Å². The number of nitrogens with one attached hydrogen (secondary N) is 17. The zero-order chi connectivity index (χ0) is 109. The van der Waals surface area contributed by atoms with Gasteiger partial charge in [-0.25, -0.2) is 4.79 Å². The topological polar surface area (TPSA) is 804 Å². The van der Waals surface area contributed by atoms with Crippen LogP contribution in [0.15, 0.2) is 78.9 Å². The highest BCUT2D eigenvalue weighted by atomic mass is 32.2. The number of amides is 17. The standard InChI is InChI=1S/C93H140N22O28S3/c1-46(2)71(85(135)113-74(49(6)117)88(138)106-61(40-51-17-10-9-11-18-51)79(129)111-75(50(7)118)89(139)110-72(47(3)4)86(136)112-73(48(5)116)87(137)102-58(33-38-146-8)78(128)104-60(92(142)143)20-14-35-98-93(96)97)109-80(130)62(42-70(124)125)105-83(133)66-21-16-37-115(66)91(141)63(41-53-25-29-55(120)30-26-53)107-84(134)67-22-15-36-114(67)90(140)59(31-32-69(122)123)103-77(127)57(19-12-13-34-94)101-82(132)65(45-145)108-81(131)64(44-144)100-68(121)43-99-76(126)56(95)39-52-23-27-54(119)28-24-52/h9-11,17-18,23-30,46-50,56-67,71-75,116-120,144-145H,12-16,19-22,31-45,94-95H2,1-8H3,(H,99,126)(H,100,121)(H,101,132)(H,102,137)(H,103,127)(H,104,128)(H,105,133)(H,106,138)(H,107,134)(H,108,131)(H,109,130)(H,110,139)(H,111,129)(H,112,136)(H,113,135)(H,122,123)(H,124,125)(H,142,143)(H4,96,97,98)/t48-,49-,50-,56+,57+,58+,59+,60+,61+,62+,63+,64+,65+,66+,67+,71+,72+,73+,74+,75+/m1/s1. The molecule has 2 fully saturated rings. The Bertz CT molecular complexity index is 4980. The third kappa shape index (κ3) is 40.7. The summed E-state index contributed by atoms with van der Waals surface area (Å²) in [6.07, 6.45) is -6.28. The third-order valence-corrected chi connectivity index (χ3v) is 25.1. The Labute approximate surface area is 858 Å². The number of hydrogen-bond donors (Lipinski definition) is 30. The van der Waals surface area contributed by atoms with Gasteiger partial charge >= 0.3 is 17.9 Å². The highest BCUT2D eigenvalue weighted by molar-refractivity contribution is 7.98. The summed E-state index contributed by atoms with van der Waals surface area (Å²) in [5, 5.41) is 130. The number of benzene rings is 3. The molecule has 3 aromatic carbocycles. The maximum atomic E-state index is 15.2. The van der Waals surface area contributed by atoms with Crippen LogP contribution in [0.5, 0.6) is 11.5 Å². The van der Waals surface area contributed by atoms with Gasteiger partial charge < -0.3 is 153 Å². The van der Waals surface area contributed by atoms with E-state index in [0.29, 0.717) is 23.1 Å². The van der Waals surface area contributed by atoms with Crippen LogP contribution < -0.4 is 102 Å². The normalized spacial score (nSPS) is 17.0. The van der Waals surface area contributed by atoms with Crippen molar-refractivity contribution in [2.24, 2.45) is 29.0 Å². The Morgan fingerprint density at radius 2 is 0.801 bits per heavy atom. The number of guanidine groups is 1. The first-order chi connectivity index (χ1) is 68.9. The summed E-state index contributed by atoms with van der Waals surface area (Å²) in [7, 11) is 0. The first kappa shape index (κ1) is 123. The van der Waals surface area contributed by atoms with Crippen LogP contribution in [0.25, 0.3) is 0 Å². The molecule has 20 atom stereocenters. The SMILES string of the molecule is CSCC[C@H](NC(=O)[C@@H](NC(=O)[C@@H](NC(=O)[C@@H](NC(=O)[C@H](Cc1ccccc1)NC(=O)[C@@H](NC(=O)[C@@H](NC(=O)[C@H](CC(=O)O)NC(=O)[C@@H]1CCCN1C(=O)[C@H](Cc1ccc(O)cc1)NC(=O)[C@@H]1CCCN1C(=O)[C@H](CCC(=O)O)NC(=O)[C@H](CCCCN)NC(=O)[C@H](CS)NC(=O)[C@H](CS)NC(=O)CNC(=O)[C@@H](N)Cc1ccc(O)cc1)C(C)C)[C@@H](C)O)[C@@H](C)O)C(C)C)[C@@H](C)O)C(=O)N[C@@H](CCCNC(=N)N)C(=O)O. The van der Waals surface area contributed by atoms with Gasteiger partial charge in [0.2, 0.25) is 100 Å². The van der Waals surface area contributed by atoms with Gasteiger partial charge in [0.1, 0.15) is 108 Å². The summed E-state index contributed by atoms with van der Waals surface area (Å²) < 4.78 is 0. The molecule has 2 heterocycles. The van der Waals surface area contributed by atoms with E-state index in [1.807, 2.05) is 0 Å². The van der Waals surface area contributed by atoms with E-state index in [1.54, 1.807) is 48.7 Å². The molecule has 0 aromatic heterocycles. The number of carbonyl (C=O) groups is 20. The molecule has 0 spiro atoms. The van der Waals surface area contributed by atoms with E-state index in [9.17, 15) is 132 Å². The lowest BCUT2D eigenvalue weighted by molar-refractivity contribution is -0.145. The first-order valence-electron chi connectivity index (χ1n) is 47.6. The molecule has 3 aromatic rings. The Morgan fingerprint density at radius 3 is 1.27 bits per heavy atom. The minimum absolute atomic E-state index is 0.00404. The van der Waals surface area contributed by atoms with Gasteiger partial charge in [0, 0.05) is 50.4 Å². The maximum Gasteiger partial charge on any atom is 0.326 e. The quantitative estimate of drug-likeness (QED) is 0.0108. The van der Waals surface area contributed by atoms with Gasteiger partial charge in [-0.1, -0.05) is 82.3 Å². The maximum absolute atomic E-state index is 15.2. The molecule has 146 heavy (non-hydrogen) atoms. The molecule has 2 aliphatic rings. The van der Waals surface area contributed by atoms with E-state index in [0.717, 1.165) is 30.6 Å². The van der Waals surface area contributed by atoms with Crippen LogP contribution >= 0.6 is 37.0 Å². The molecule has 808 valence electrons. The zero-order valence-corrected chi connectivity index (χ0v) is 85.0. The van der Waals surface area contributed by atoms with E-state index < -0.39 is 277 Å². The smallest absolute Gasteiger partial charge is 0.326 e. The molecule has 2 aliphatic heterocycles. The van der Waals surface area contributed by atoms with Crippen molar-refractivity contribution in [3.8, 4) is 11.5 Å². The predicted molar refractivity (Wildman–Crippen MR) is 535 cm³/mol. The number of carbonyl (C=O) groups excluding carboxylic acids is 17. The number of hydrogen-bond acceptors (Lipinski definition) is 31. The Morgan fingerprint density at radius 1 is 0.418 bits per heavy atom. The number of thiol groups is 2. The second kappa shape index (κ2) is 61.9. The zero-order valence-electron chi connectivity index (χ0n) is 82.3. The van der Waals surface area contributed by atoms with Crippen LogP contribution in [0.2, 0.25) is 0 Å². The van der Waals surface area contributed by atoms with Crippen LogP contribution in [0.1, 0.15) is 149 Å². The summed E-state index contributed by atoms with van der Waals surface area (Å²) >= 11 is 9.70. The number of aliphatic hydroxyl groups excluding tert-OH is 3. The number of unbranched alkanes of at least 4 members (excludes halogenated alkanes) is 1. The summed E-state index contributed by atoms with van der Waals surface area (Å²) in [6.45, 7) is 8.36. The second-order valence-corrected chi connectivity index (χ2v) is 37.9. The summed E-state index contributed by atoms with van der Waals surface area (Å²) in [6, 6.07) is -8.30. The van der Waals surface area contributed by atoms with Crippen molar-refractivity contribution in [3.63, 3.8) is 0 Å². The number of aromatic hydroxyl groups is 2. The van der Waals surface area contributed by atoms with Crippen molar-refractivity contribution in [2.75, 3.05) is 56.2 Å². The first-order valence-corrected chi connectivity index (χ1v) is 50.3. The molecule has 31 N–H and O–H groups in total. The van der Waals surface area contributed by atoms with Crippen LogP contribution in [0, 0.1) is 17.2 Å². The molecule has 5 rings (SSSR count). The van der Waals surface area contributed by atoms with Gasteiger partial charge in [-0.15, -0.1) is 0 Å². The van der Waals surface area contributed by atoms with Gasteiger partial charge in [-0.05, 0) is 169 Å². The number of nitrogens with two attached hydrogens (primary N) is 3. The van der Waals surface area contributed by atoms with Crippen molar-refractivity contribution in [1.82, 2.24) is 94.9 Å².